The van der Waals surface area contributed by atoms with Gasteiger partial charge in [0.1, 0.15) is 17.3 Å². The van der Waals surface area contributed by atoms with E-state index in [1.54, 1.807) is 23.1 Å². The molecule has 1 N–H and O–H groups in total. The number of amides is 1. The van der Waals surface area contributed by atoms with Gasteiger partial charge in [0, 0.05) is 25.2 Å². The lowest BCUT2D eigenvalue weighted by atomic mass is 9.90. The number of furan rings is 1. The number of nitrogens with zero attached hydrogens (tertiary/aromatic N) is 2. The molecule has 1 aromatic carbocycles. The maximum atomic E-state index is 13.9. The summed E-state index contributed by atoms with van der Waals surface area (Å²) in [5, 5.41) is 11.0. The third-order valence-corrected chi connectivity index (χ3v) is 4.78. The highest BCUT2D eigenvalue weighted by Crippen LogP contribution is 2.26. The molecule has 1 unspecified atom stereocenters. The van der Waals surface area contributed by atoms with Crippen molar-refractivity contribution >= 4 is 5.91 Å². The molecule has 26 heavy (non-hydrogen) atoms. The van der Waals surface area contributed by atoms with Crippen LogP contribution >= 0.6 is 0 Å². The summed E-state index contributed by atoms with van der Waals surface area (Å²) < 4.78 is 19.5. The number of aryl methyl sites for hydroxylation is 1. The normalized spacial score (nSPS) is 20.8. The van der Waals surface area contributed by atoms with Crippen LogP contribution < -0.4 is 0 Å². The Morgan fingerprint density at radius 2 is 2.08 bits per heavy atom. The van der Waals surface area contributed by atoms with Gasteiger partial charge in [0.05, 0.1) is 6.54 Å². The van der Waals surface area contributed by atoms with E-state index in [2.05, 4.69) is 0 Å². The number of carbonyl (C=O) groups excluding carboxylic acids is 1. The Morgan fingerprint density at radius 1 is 1.31 bits per heavy atom. The summed E-state index contributed by atoms with van der Waals surface area (Å²) in [5.41, 5.74) is -0.996. The van der Waals surface area contributed by atoms with Crippen molar-refractivity contribution < 1.29 is 18.7 Å². The average Bonchev–Trinajstić information content (AvgIpc) is 2.98. The monoisotopic (exact) mass is 360 g/mol. The molecule has 1 atom stereocenters. The number of likely N-dealkylation sites (N-methyl/N-ethyl adjacent to an activating group) is 1. The van der Waals surface area contributed by atoms with Gasteiger partial charge >= 0.3 is 0 Å². The van der Waals surface area contributed by atoms with Crippen molar-refractivity contribution in [1.82, 2.24) is 9.80 Å². The molecule has 5 nitrogen and oxygen atoms in total. The van der Waals surface area contributed by atoms with E-state index in [1.165, 1.54) is 6.07 Å². The van der Waals surface area contributed by atoms with Crippen LogP contribution in [0.5, 0.6) is 0 Å². The molecular formula is C20H25FN2O3. The summed E-state index contributed by atoms with van der Waals surface area (Å²) in [6.45, 7) is 3.30. The number of aliphatic hydroxyl groups is 1. The van der Waals surface area contributed by atoms with Crippen LogP contribution in [0.1, 0.15) is 29.9 Å². The van der Waals surface area contributed by atoms with E-state index in [4.69, 9.17) is 4.42 Å². The summed E-state index contributed by atoms with van der Waals surface area (Å²) >= 11 is 0. The average molecular weight is 360 g/mol. The number of hydrogen-bond acceptors (Lipinski definition) is 4. The molecule has 3 rings (SSSR count). The van der Waals surface area contributed by atoms with Gasteiger partial charge in [0.25, 0.3) is 5.91 Å². The molecule has 0 aliphatic carbocycles. The summed E-state index contributed by atoms with van der Waals surface area (Å²) in [6.07, 6.45) is 1.09. The quantitative estimate of drug-likeness (QED) is 0.861. The number of carbonyl (C=O) groups is 1. The molecule has 2 aromatic rings. The van der Waals surface area contributed by atoms with Gasteiger partial charge in [-0.15, -0.1) is 0 Å². The minimum absolute atomic E-state index is 0.176. The SMILES string of the molecule is Cc1ccc(CN(C)CC2(O)CCCN(Cc3ccccc3F)C2=O)o1. The first kappa shape index (κ1) is 18.6. The zero-order chi connectivity index (χ0) is 18.7. The molecule has 6 heteroatoms. The van der Waals surface area contributed by atoms with E-state index < -0.39 is 5.60 Å². The first-order valence-corrected chi connectivity index (χ1v) is 8.86. The largest absolute Gasteiger partial charge is 0.465 e. The Labute approximate surface area is 153 Å². The lowest BCUT2D eigenvalue weighted by Gasteiger charge is -2.40. The Balaban J connectivity index is 1.66. The van der Waals surface area contributed by atoms with Crippen molar-refractivity contribution in [2.45, 2.75) is 38.5 Å². The first-order valence-electron chi connectivity index (χ1n) is 8.86. The highest BCUT2D eigenvalue weighted by atomic mass is 19.1. The molecule has 0 radical (unpaired) electrons. The topological polar surface area (TPSA) is 56.9 Å². The van der Waals surface area contributed by atoms with Crippen LogP contribution in [0.25, 0.3) is 0 Å². The number of hydrogen-bond donors (Lipinski definition) is 1. The van der Waals surface area contributed by atoms with Crippen molar-refractivity contribution in [3.63, 3.8) is 0 Å². The summed E-state index contributed by atoms with van der Waals surface area (Å²) in [5.74, 6) is 0.950. The van der Waals surface area contributed by atoms with E-state index in [0.29, 0.717) is 31.5 Å². The molecule has 1 saturated heterocycles. The van der Waals surface area contributed by atoms with Gasteiger partial charge in [0.15, 0.2) is 5.60 Å². The Kier molecular flexibility index (Phi) is 5.44. The third-order valence-electron chi connectivity index (χ3n) is 4.78. The maximum Gasteiger partial charge on any atom is 0.256 e. The number of piperidine rings is 1. The standard InChI is InChI=1S/C20H25FN2O3/c1-15-8-9-17(26-15)13-22(2)14-20(25)10-5-11-23(19(20)24)12-16-6-3-4-7-18(16)21/h3-4,6-9,25H,5,10-14H2,1-2H3. The molecule has 0 saturated carbocycles. The maximum absolute atomic E-state index is 13.9. The van der Waals surface area contributed by atoms with Gasteiger partial charge in [-0.3, -0.25) is 9.69 Å². The number of rotatable bonds is 6. The predicted molar refractivity (Wildman–Crippen MR) is 95.8 cm³/mol. The van der Waals surface area contributed by atoms with Crippen molar-refractivity contribution in [2.24, 2.45) is 0 Å². The Hall–Kier alpha value is -2.18. The molecular weight excluding hydrogens is 335 g/mol. The van der Waals surface area contributed by atoms with Crippen LogP contribution in [0.4, 0.5) is 4.39 Å². The van der Waals surface area contributed by atoms with Crippen molar-refractivity contribution in [2.75, 3.05) is 20.1 Å². The minimum atomic E-state index is -1.46. The molecule has 1 aliphatic heterocycles. The van der Waals surface area contributed by atoms with Crippen molar-refractivity contribution in [3.8, 4) is 0 Å². The molecule has 1 aliphatic rings. The molecule has 1 amide bonds. The van der Waals surface area contributed by atoms with Gasteiger partial charge in [-0.25, -0.2) is 4.39 Å². The van der Waals surface area contributed by atoms with E-state index >= 15 is 0 Å². The number of benzene rings is 1. The second-order valence-corrected chi connectivity index (χ2v) is 7.14. The van der Waals surface area contributed by atoms with E-state index in [-0.39, 0.29) is 24.8 Å². The van der Waals surface area contributed by atoms with Gasteiger partial charge in [0.2, 0.25) is 0 Å². The highest BCUT2D eigenvalue weighted by molar-refractivity contribution is 5.86. The van der Waals surface area contributed by atoms with Gasteiger partial charge in [-0.1, -0.05) is 18.2 Å². The fourth-order valence-electron chi connectivity index (χ4n) is 3.53. The Bertz CT molecular complexity index is 776. The van der Waals surface area contributed by atoms with Crippen molar-refractivity contribution in [3.05, 3.63) is 59.3 Å². The van der Waals surface area contributed by atoms with E-state index in [0.717, 1.165) is 11.5 Å². The lowest BCUT2D eigenvalue weighted by Crippen LogP contribution is -2.57. The highest BCUT2D eigenvalue weighted by Gasteiger charge is 2.43. The van der Waals surface area contributed by atoms with Crippen LogP contribution in [0, 0.1) is 12.7 Å². The molecule has 1 aromatic heterocycles. The summed E-state index contributed by atoms with van der Waals surface area (Å²) in [4.78, 5) is 16.3. The third kappa shape index (κ3) is 4.14. The smallest absolute Gasteiger partial charge is 0.256 e. The number of likely N-dealkylation sites (tertiary alicyclic amines) is 1. The van der Waals surface area contributed by atoms with Crippen LogP contribution in [0.15, 0.2) is 40.8 Å². The molecule has 140 valence electrons. The molecule has 0 bridgehead atoms. The second-order valence-electron chi connectivity index (χ2n) is 7.14. The van der Waals surface area contributed by atoms with E-state index in [1.807, 2.05) is 31.0 Å². The molecule has 1 fully saturated rings. The number of halogens is 1. The Morgan fingerprint density at radius 3 is 2.77 bits per heavy atom. The van der Waals surface area contributed by atoms with Crippen LogP contribution in [0.3, 0.4) is 0 Å². The van der Waals surface area contributed by atoms with Crippen molar-refractivity contribution in [1.29, 1.82) is 0 Å². The van der Waals surface area contributed by atoms with Gasteiger partial charge in [-0.2, -0.15) is 0 Å². The molecule has 2 heterocycles. The summed E-state index contributed by atoms with van der Waals surface area (Å²) in [6, 6.07) is 10.2. The fourth-order valence-corrected chi connectivity index (χ4v) is 3.53. The lowest BCUT2D eigenvalue weighted by molar-refractivity contribution is -0.160. The predicted octanol–water partition coefficient (Wildman–Crippen LogP) is 2.71. The van der Waals surface area contributed by atoms with Gasteiger partial charge in [-0.05, 0) is 45.0 Å². The second kappa shape index (κ2) is 7.60. The van der Waals surface area contributed by atoms with Crippen LogP contribution in [-0.2, 0) is 17.9 Å². The summed E-state index contributed by atoms with van der Waals surface area (Å²) in [7, 11) is 1.85. The van der Waals surface area contributed by atoms with Crippen LogP contribution in [0.2, 0.25) is 0 Å². The fraction of sp³-hybridized carbons (Fsp3) is 0.450. The molecule has 0 spiro atoms. The zero-order valence-corrected chi connectivity index (χ0v) is 15.2. The van der Waals surface area contributed by atoms with Gasteiger partial charge < -0.3 is 14.4 Å². The zero-order valence-electron chi connectivity index (χ0n) is 15.2. The van der Waals surface area contributed by atoms with Crippen LogP contribution in [-0.4, -0.2) is 46.6 Å². The first-order chi connectivity index (χ1) is 12.4. The minimum Gasteiger partial charge on any atom is -0.465 e. The van der Waals surface area contributed by atoms with E-state index in [9.17, 15) is 14.3 Å².